The van der Waals surface area contributed by atoms with Crippen molar-refractivity contribution in [2.75, 3.05) is 13.7 Å². The zero-order chi connectivity index (χ0) is 20.1. The Bertz CT molecular complexity index is 918. The maximum absolute atomic E-state index is 13.4. The van der Waals surface area contributed by atoms with E-state index in [9.17, 15) is 4.79 Å². The van der Waals surface area contributed by atoms with Crippen molar-refractivity contribution in [1.29, 1.82) is 0 Å². The SMILES string of the molecule is COc1ccc([C@@H]2CCCCCN2C(=O)c2ccc(Cn3cccn3)cc2)cc1. The topological polar surface area (TPSA) is 47.4 Å². The first kappa shape index (κ1) is 19.2. The van der Waals surface area contributed by atoms with Gasteiger partial charge >= 0.3 is 0 Å². The van der Waals surface area contributed by atoms with E-state index in [0.29, 0.717) is 6.54 Å². The molecule has 29 heavy (non-hydrogen) atoms. The van der Waals surface area contributed by atoms with Crippen LogP contribution in [0.5, 0.6) is 5.75 Å². The Morgan fingerprint density at radius 2 is 1.86 bits per heavy atom. The summed E-state index contributed by atoms with van der Waals surface area (Å²) >= 11 is 0. The molecule has 150 valence electrons. The number of hydrogen-bond acceptors (Lipinski definition) is 3. The molecule has 2 heterocycles. The standard InChI is InChI=1S/C24H27N3O2/c1-29-22-13-11-20(12-14-22)23-6-3-2-4-17-27(23)24(28)21-9-7-19(8-10-21)18-26-16-5-15-25-26/h5,7-16,23H,2-4,6,17-18H2,1H3/t23-/m0/s1. The zero-order valence-electron chi connectivity index (χ0n) is 16.8. The molecule has 1 amide bonds. The Labute approximate surface area is 171 Å². The van der Waals surface area contributed by atoms with Crippen molar-refractivity contribution < 1.29 is 9.53 Å². The summed E-state index contributed by atoms with van der Waals surface area (Å²) in [6.07, 6.45) is 8.07. The van der Waals surface area contributed by atoms with Crippen LogP contribution in [0.25, 0.3) is 0 Å². The van der Waals surface area contributed by atoms with E-state index in [1.165, 1.54) is 12.0 Å². The molecule has 0 saturated carbocycles. The van der Waals surface area contributed by atoms with Gasteiger partial charge < -0.3 is 9.64 Å². The first-order valence-electron chi connectivity index (χ1n) is 10.3. The Hall–Kier alpha value is -3.08. The third-order valence-electron chi connectivity index (χ3n) is 5.62. The maximum atomic E-state index is 13.4. The van der Waals surface area contributed by atoms with Gasteiger partial charge in [0.2, 0.25) is 0 Å². The lowest BCUT2D eigenvalue weighted by molar-refractivity contribution is 0.0681. The van der Waals surface area contributed by atoms with Crippen LogP contribution >= 0.6 is 0 Å². The van der Waals surface area contributed by atoms with Crippen LogP contribution in [-0.2, 0) is 6.54 Å². The number of aromatic nitrogens is 2. The number of rotatable bonds is 5. The normalized spacial score (nSPS) is 17.0. The summed E-state index contributed by atoms with van der Waals surface area (Å²) in [5.41, 5.74) is 3.05. The van der Waals surface area contributed by atoms with Gasteiger partial charge in [-0.25, -0.2) is 0 Å². The molecular formula is C24H27N3O2. The molecule has 1 aromatic heterocycles. The highest BCUT2D eigenvalue weighted by Gasteiger charge is 2.27. The van der Waals surface area contributed by atoms with Crippen LogP contribution in [0.1, 0.15) is 53.2 Å². The fraction of sp³-hybridized carbons (Fsp3) is 0.333. The number of methoxy groups -OCH3 is 1. The Balaban J connectivity index is 1.53. The second-order valence-electron chi connectivity index (χ2n) is 7.54. The molecule has 0 N–H and O–H groups in total. The van der Waals surface area contributed by atoms with Crippen LogP contribution < -0.4 is 4.74 Å². The van der Waals surface area contributed by atoms with Crippen molar-refractivity contribution in [2.45, 2.75) is 38.3 Å². The number of carbonyl (C=O) groups excluding carboxylic acids is 1. The fourth-order valence-corrected chi connectivity index (χ4v) is 4.02. The second kappa shape index (κ2) is 8.95. The third-order valence-corrected chi connectivity index (χ3v) is 5.62. The molecule has 5 heteroatoms. The molecule has 0 bridgehead atoms. The summed E-state index contributed by atoms with van der Waals surface area (Å²) < 4.78 is 7.17. The molecule has 1 saturated heterocycles. The minimum Gasteiger partial charge on any atom is -0.497 e. The van der Waals surface area contributed by atoms with Gasteiger partial charge in [-0.05, 0) is 54.3 Å². The van der Waals surface area contributed by atoms with E-state index in [2.05, 4.69) is 22.1 Å². The molecule has 3 aromatic rings. The minimum atomic E-state index is 0.110. The monoisotopic (exact) mass is 389 g/mol. The van der Waals surface area contributed by atoms with Crippen molar-refractivity contribution in [3.05, 3.63) is 83.7 Å². The van der Waals surface area contributed by atoms with E-state index in [-0.39, 0.29) is 11.9 Å². The van der Waals surface area contributed by atoms with Crippen molar-refractivity contribution in [2.24, 2.45) is 0 Å². The number of likely N-dealkylation sites (tertiary alicyclic amines) is 1. The number of ether oxygens (including phenoxy) is 1. The van der Waals surface area contributed by atoms with Gasteiger partial charge in [0, 0.05) is 24.5 Å². The number of hydrogen-bond donors (Lipinski definition) is 0. The molecule has 0 unspecified atom stereocenters. The molecule has 0 radical (unpaired) electrons. The summed E-state index contributed by atoms with van der Waals surface area (Å²) in [5, 5.41) is 4.24. The van der Waals surface area contributed by atoms with Gasteiger partial charge in [-0.15, -0.1) is 0 Å². The van der Waals surface area contributed by atoms with Crippen LogP contribution in [0.3, 0.4) is 0 Å². The van der Waals surface area contributed by atoms with E-state index in [1.807, 2.05) is 53.3 Å². The molecule has 1 fully saturated rings. The predicted molar refractivity (Wildman–Crippen MR) is 113 cm³/mol. The molecule has 1 aliphatic rings. The van der Waals surface area contributed by atoms with Gasteiger partial charge in [-0.3, -0.25) is 9.48 Å². The number of nitrogens with zero attached hydrogens (tertiary/aromatic N) is 3. The van der Waals surface area contributed by atoms with E-state index in [4.69, 9.17) is 4.74 Å². The second-order valence-corrected chi connectivity index (χ2v) is 7.54. The van der Waals surface area contributed by atoms with Gasteiger partial charge in [0.15, 0.2) is 0 Å². The van der Waals surface area contributed by atoms with Crippen LogP contribution in [0.4, 0.5) is 0 Å². The summed E-state index contributed by atoms with van der Waals surface area (Å²) in [6.45, 7) is 1.50. The van der Waals surface area contributed by atoms with E-state index >= 15 is 0 Å². The summed E-state index contributed by atoms with van der Waals surface area (Å²) in [4.78, 5) is 15.4. The quantitative estimate of drug-likeness (QED) is 0.636. The Morgan fingerprint density at radius 1 is 1.07 bits per heavy atom. The lowest BCUT2D eigenvalue weighted by Gasteiger charge is -2.31. The van der Waals surface area contributed by atoms with E-state index < -0.39 is 0 Å². The summed E-state index contributed by atoms with van der Waals surface area (Å²) in [7, 11) is 1.67. The number of benzene rings is 2. The van der Waals surface area contributed by atoms with Crippen molar-refractivity contribution in [3.63, 3.8) is 0 Å². The van der Waals surface area contributed by atoms with Gasteiger partial charge in [0.05, 0.1) is 19.7 Å². The Kier molecular flexibility index (Phi) is 5.94. The van der Waals surface area contributed by atoms with Gasteiger partial charge in [-0.1, -0.05) is 37.1 Å². The summed E-state index contributed by atoms with van der Waals surface area (Å²) in [5.74, 6) is 0.950. The van der Waals surface area contributed by atoms with Crippen molar-refractivity contribution in [1.82, 2.24) is 14.7 Å². The van der Waals surface area contributed by atoms with Crippen molar-refractivity contribution >= 4 is 5.91 Å². The third kappa shape index (κ3) is 4.50. The molecule has 0 spiro atoms. The first-order chi connectivity index (χ1) is 14.2. The predicted octanol–water partition coefficient (Wildman–Crippen LogP) is 4.70. The zero-order valence-corrected chi connectivity index (χ0v) is 16.8. The fourth-order valence-electron chi connectivity index (χ4n) is 4.02. The van der Waals surface area contributed by atoms with Crippen LogP contribution in [0, 0.1) is 0 Å². The molecule has 5 nitrogen and oxygen atoms in total. The highest BCUT2D eigenvalue weighted by atomic mass is 16.5. The first-order valence-corrected chi connectivity index (χ1v) is 10.3. The minimum absolute atomic E-state index is 0.110. The van der Waals surface area contributed by atoms with E-state index in [0.717, 1.165) is 42.7 Å². The number of carbonyl (C=O) groups is 1. The Morgan fingerprint density at radius 3 is 2.55 bits per heavy atom. The lowest BCUT2D eigenvalue weighted by Crippen LogP contribution is -2.34. The maximum Gasteiger partial charge on any atom is 0.254 e. The average molecular weight is 389 g/mol. The smallest absolute Gasteiger partial charge is 0.254 e. The molecular weight excluding hydrogens is 362 g/mol. The summed E-state index contributed by atoms with van der Waals surface area (Å²) in [6, 6.07) is 18.1. The van der Waals surface area contributed by atoms with Gasteiger partial charge in [0.25, 0.3) is 5.91 Å². The van der Waals surface area contributed by atoms with Crippen LogP contribution in [0.15, 0.2) is 67.0 Å². The highest BCUT2D eigenvalue weighted by Crippen LogP contribution is 2.32. The van der Waals surface area contributed by atoms with Gasteiger partial charge in [-0.2, -0.15) is 5.10 Å². The molecule has 4 rings (SSSR count). The average Bonchev–Trinajstić information content (AvgIpc) is 3.15. The molecule has 1 aliphatic heterocycles. The number of amides is 1. The molecule has 2 aromatic carbocycles. The molecule has 1 atom stereocenters. The molecule has 0 aliphatic carbocycles. The largest absolute Gasteiger partial charge is 0.497 e. The van der Waals surface area contributed by atoms with Crippen LogP contribution in [-0.4, -0.2) is 34.2 Å². The van der Waals surface area contributed by atoms with Crippen molar-refractivity contribution in [3.8, 4) is 5.75 Å². The highest BCUT2D eigenvalue weighted by molar-refractivity contribution is 5.94. The van der Waals surface area contributed by atoms with Crippen LogP contribution in [0.2, 0.25) is 0 Å². The lowest BCUT2D eigenvalue weighted by atomic mass is 9.99. The van der Waals surface area contributed by atoms with Gasteiger partial charge in [0.1, 0.15) is 5.75 Å². The van der Waals surface area contributed by atoms with E-state index in [1.54, 1.807) is 13.3 Å².